The van der Waals surface area contributed by atoms with E-state index in [1.54, 1.807) is 18.2 Å². The van der Waals surface area contributed by atoms with Crippen molar-refractivity contribution in [3.8, 4) is 0 Å². The smallest absolute Gasteiger partial charge is 0.278 e. The first-order chi connectivity index (χ1) is 10.6. The van der Waals surface area contributed by atoms with E-state index in [0.717, 1.165) is 11.3 Å². The molecule has 2 rings (SSSR count). The van der Waals surface area contributed by atoms with E-state index in [9.17, 15) is 10.1 Å². The summed E-state index contributed by atoms with van der Waals surface area (Å²) < 4.78 is 0. The number of para-hydroxylation sites is 1. The Morgan fingerprint density at radius 2 is 1.91 bits per heavy atom. The minimum Gasteiger partial charge on any atom is -0.331 e. The summed E-state index contributed by atoms with van der Waals surface area (Å²) in [5.74, 6) is 0. The second kappa shape index (κ2) is 7.28. The van der Waals surface area contributed by atoms with Gasteiger partial charge in [0.25, 0.3) is 5.69 Å². The van der Waals surface area contributed by atoms with E-state index in [1.165, 1.54) is 12.3 Å². The molecule has 2 aromatic carbocycles. The summed E-state index contributed by atoms with van der Waals surface area (Å²) in [6.07, 6.45) is 1.36. The van der Waals surface area contributed by atoms with Crippen LogP contribution in [0.1, 0.15) is 11.1 Å². The van der Waals surface area contributed by atoms with Gasteiger partial charge in [0.1, 0.15) is 0 Å². The summed E-state index contributed by atoms with van der Waals surface area (Å²) in [5, 5.41) is 18.1. The fourth-order valence-electron chi connectivity index (χ4n) is 1.72. The van der Waals surface area contributed by atoms with Gasteiger partial charge in [-0.2, -0.15) is 5.10 Å². The first-order valence-corrected chi connectivity index (χ1v) is 6.87. The van der Waals surface area contributed by atoms with Gasteiger partial charge in [0.2, 0.25) is 0 Å². The molecule has 7 heteroatoms. The van der Waals surface area contributed by atoms with Crippen molar-refractivity contribution in [1.29, 1.82) is 0 Å². The number of nitrogens with zero attached hydrogens (tertiary/aromatic N) is 2. The van der Waals surface area contributed by atoms with E-state index < -0.39 is 4.92 Å². The molecule has 2 N–H and O–H groups in total. The third-order valence-electron chi connectivity index (χ3n) is 2.81. The molecule has 0 aliphatic heterocycles. The molecule has 0 bridgehead atoms. The van der Waals surface area contributed by atoms with Crippen LogP contribution < -0.4 is 10.7 Å². The van der Waals surface area contributed by atoms with Gasteiger partial charge >= 0.3 is 0 Å². The van der Waals surface area contributed by atoms with Crippen molar-refractivity contribution >= 4 is 34.9 Å². The fourth-order valence-corrected chi connectivity index (χ4v) is 1.89. The van der Waals surface area contributed by atoms with E-state index in [1.807, 2.05) is 31.2 Å². The highest BCUT2D eigenvalue weighted by molar-refractivity contribution is 7.80. The van der Waals surface area contributed by atoms with E-state index in [4.69, 9.17) is 12.2 Å². The predicted molar refractivity (Wildman–Crippen MR) is 91.2 cm³/mol. The van der Waals surface area contributed by atoms with Crippen LogP contribution in [0.3, 0.4) is 0 Å². The van der Waals surface area contributed by atoms with E-state index in [-0.39, 0.29) is 5.69 Å². The van der Waals surface area contributed by atoms with Crippen molar-refractivity contribution in [2.75, 3.05) is 5.32 Å². The van der Waals surface area contributed by atoms with Crippen molar-refractivity contribution < 1.29 is 4.92 Å². The molecule has 0 unspecified atom stereocenters. The molecule has 0 aromatic heterocycles. The molecule has 112 valence electrons. The van der Waals surface area contributed by atoms with Crippen LogP contribution in [0.5, 0.6) is 0 Å². The highest BCUT2D eigenvalue weighted by Gasteiger charge is 2.09. The third-order valence-corrected chi connectivity index (χ3v) is 3.01. The fraction of sp³-hybridized carbons (Fsp3) is 0.0667. The molecule has 0 radical (unpaired) electrons. The Labute approximate surface area is 133 Å². The molecule has 22 heavy (non-hydrogen) atoms. The molecule has 0 spiro atoms. The molecule has 6 nitrogen and oxygen atoms in total. The largest absolute Gasteiger partial charge is 0.331 e. The maximum absolute atomic E-state index is 10.9. The number of hydrogen-bond donors (Lipinski definition) is 2. The van der Waals surface area contributed by atoms with Crippen molar-refractivity contribution in [3.05, 3.63) is 69.8 Å². The summed E-state index contributed by atoms with van der Waals surface area (Å²) in [6.45, 7) is 2.00. The van der Waals surface area contributed by atoms with Gasteiger partial charge in [-0.15, -0.1) is 0 Å². The van der Waals surface area contributed by atoms with Gasteiger partial charge in [-0.05, 0) is 37.3 Å². The van der Waals surface area contributed by atoms with Gasteiger partial charge < -0.3 is 5.32 Å². The lowest BCUT2D eigenvalue weighted by atomic mass is 10.2. The molecule has 0 saturated carbocycles. The van der Waals surface area contributed by atoms with Crippen molar-refractivity contribution in [2.45, 2.75) is 6.92 Å². The number of nitro benzene ring substituents is 1. The van der Waals surface area contributed by atoms with Crippen molar-refractivity contribution in [3.63, 3.8) is 0 Å². The first-order valence-electron chi connectivity index (χ1n) is 6.46. The van der Waals surface area contributed by atoms with E-state index in [0.29, 0.717) is 10.7 Å². The van der Waals surface area contributed by atoms with Gasteiger partial charge in [-0.3, -0.25) is 15.5 Å². The zero-order valence-electron chi connectivity index (χ0n) is 11.8. The molecule has 0 heterocycles. The van der Waals surface area contributed by atoms with Crippen LogP contribution in [0, 0.1) is 17.0 Å². The van der Waals surface area contributed by atoms with Gasteiger partial charge in [-0.25, -0.2) is 0 Å². The van der Waals surface area contributed by atoms with Crippen molar-refractivity contribution in [1.82, 2.24) is 5.43 Å². The second-order valence-electron chi connectivity index (χ2n) is 4.51. The van der Waals surface area contributed by atoms with Gasteiger partial charge in [0, 0.05) is 11.8 Å². The monoisotopic (exact) mass is 314 g/mol. The van der Waals surface area contributed by atoms with Crippen LogP contribution in [0.2, 0.25) is 0 Å². The third kappa shape index (κ3) is 4.35. The lowest BCUT2D eigenvalue weighted by molar-refractivity contribution is -0.385. The maximum atomic E-state index is 10.9. The highest BCUT2D eigenvalue weighted by Crippen LogP contribution is 2.15. The van der Waals surface area contributed by atoms with Gasteiger partial charge in [0.15, 0.2) is 5.11 Å². The summed E-state index contributed by atoms with van der Waals surface area (Å²) in [6, 6.07) is 14.1. The Hall–Kier alpha value is -2.80. The van der Waals surface area contributed by atoms with Crippen LogP contribution in [-0.4, -0.2) is 16.3 Å². The molecule has 0 atom stereocenters. The zero-order valence-corrected chi connectivity index (χ0v) is 12.6. The number of nitro groups is 1. The maximum Gasteiger partial charge on any atom is 0.278 e. The van der Waals surface area contributed by atoms with Gasteiger partial charge in [-0.1, -0.05) is 29.8 Å². The first kappa shape index (κ1) is 15.6. The number of anilines is 1. The minimum atomic E-state index is -0.454. The number of thiocarbonyl (C=S) groups is 1. The van der Waals surface area contributed by atoms with Crippen molar-refractivity contribution in [2.24, 2.45) is 5.10 Å². The topological polar surface area (TPSA) is 79.6 Å². The number of benzene rings is 2. The molecule has 0 aliphatic rings. The molecular formula is C15H14N4O2S. The van der Waals surface area contributed by atoms with E-state index in [2.05, 4.69) is 15.8 Å². The summed E-state index contributed by atoms with van der Waals surface area (Å²) in [7, 11) is 0. The highest BCUT2D eigenvalue weighted by atomic mass is 32.1. The van der Waals surface area contributed by atoms with Crippen LogP contribution >= 0.6 is 12.2 Å². The molecule has 0 fully saturated rings. The number of aryl methyl sites for hydroxylation is 1. The average molecular weight is 314 g/mol. The molecule has 2 aromatic rings. The Morgan fingerprint density at radius 3 is 2.59 bits per heavy atom. The molecule has 0 aliphatic carbocycles. The number of rotatable bonds is 4. The zero-order chi connectivity index (χ0) is 15.9. The molecule has 0 amide bonds. The SMILES string of the molecule is Cc1ccc(NC(=S)N/N=C\c2ccccc2[N+](=O)[O-])cc1. The minimum absolute atomic E-state index is 0.00883. The second-order valence-corrected chi connectivity index (χ2v) is 4.91. The standard InChI is InChI=1S/C15H14N4O2S/c1-11-6-8-13(9-7-11)17-15(22)18-16-10-12-4-2-3-5-14(12)19(20)21/h2-10H,1H3,(H2,17,18,22)/b16-10-. The number of hydrogen-bond acceptors (Lipinski definition) is 4. The molecular weight excluding hydrogens is 300 g/mol. The Kier molecular flexibility index (Phi) is 5.16. The summed E-state index contributed by atoms with van der Waals surface area (Å²) >= 11 is 5.10. The predicted octanol–water partition coefficient (Wildman–Crippen LogP) is 3.22. The van der Waals surface area contributed by atoms with E-state index >= 15 is 0 Å². The lowest BCUT2D eigenvalue weighted by Crippen LogP contribution is -2.23. The quantitative estimate of drug-likeness (QED) is 0.392. The van der Waals surface area contributed by atoms with Gasteiger partial charge in [0.05, 0.1) is 16.7 Å². The van der Waals surface area contributed by atoms with Crippen LogP contribution in [0.4, 0.5) is 11.4 Å². The van der Waals surface area contributed by atoms with Crippen LogP contribution in [0.15, 0.2) is 53.6 Å². The Bertz CT molecular complexity index is 714. The van der Waals surface area contributed by atoms with Crippen LogP contribution in [-0.2, 0) is 0 Å². The summed E-state index contributed by atoms with van der Waals surface area (Å²) in [4.78, 5) is 10.4. The molecule has 0 saturated heterocycles. The number of hydrazone groups is 1. The average Bonchev–Trinajstić information content (AvgIpc) is 2.50. The lowest BCUT2D eigenvalue weighted by Gasteiger charge is -2.06. The Morgan fingerprint density at radius 1 is 1.23 bits per heavy atom. The summed E-state index contributed by atoms with van der Waals surface area (Å²) in [5.41, 5.74) is 5.01. The van der Waals surface area contributed by atoms with Crippen LogP contribution in [0.25, 0.3) is 0 Å². The normalized spacial score (nSPS) is 10.4. The number of nitrogens with one attached hydrogen (secondary N) is 2. The Balaban J connectivity index is 1.96.